The quantitative estimate of drug-likeness (QED) is 0.188. The molecule has 2 atom stereocenters. The summed E-state index contributed by atoms with van der Waals surface area (Å²) in [6, 6.07) is 16.8. The first kappa shape index (κ1) is 24.2. The number of halogens is 1. The lowest BCUT2D eigenvalue weighted by atomic mass is 9.75. The summed E-state index contributed by atoms with van der Waals surface area (Å²) in [5, 5.41) is 14.2. The average molecular weight is 537 g/mol. The fourth-order valence-corrected chi connectivity index (χ4v) is 4.83. The van der Waals surface area contributed by atoms with Crippen molar-refractivity contribution in [2.24, 2.45) is 5.92 Å². The largest absolute Gasteiger partial charge is 0.493 e. The van der Waals surface area contributed by atoms with Gasteiger partial charge in [0.15, 0.2) is 17.3 Å². The molecule has 3 aromatic carbocycles. The maximum atomic E-state index is 13.4. The molecule has 1 aliphatic rings. The van der Waals surface area contributed by atoms with Crippen LogP contribution in [0.25, 0.3) is 6.08 Å². The molecule has 0 saturated heterocycles. The minimum atomic E-state index is -1.11. The van der Waals surface area contributed by atoms with Crippen molar-refractivity contribution in [3.05, 3.63) is 98.0 Å². The van der Waals surface area contributed by atoms with Crippen LogP contribution in [-0.4, -0.2) is 30.8 Å². The number of anilines is 1. The van der Waals surface area contributed by atoms with E-state index in [4.69, 9.17) is 9.47 Å². The van der Waals surface area contributed by atoms with Gasteiger partial charge in [-0.15, -0.1) is 0 Å². The second kappa shape index (κ2) is 10.1. The highest BCUT2D eigenvalue weighted by Crippen LogP contribution is 2.43. The maximum absolute atomic E-state index is 13.4. The van der Waals surface area contributed by atoms with Gasteiger partial charge in [0.1, 0.15) is 5.92 Å². The summed E-state index contributed by atoms with van der Waals surface area (Å²) in [5.74, 6) is -1.71. The van der Waals surface area contributed by atoms with Gasteiger partial charge in [0, 0.05) is 23.7 Å². The van der Waals surface area contributed by atoms with E-state index in [2.05, 4.69) is 21.2 Å². The highest BCUT2D eigenvalue weighted by Gasteiger charge is 2.41. The Morgan fingerprint density at radius 3 is 2.49 bits per heavy atom. The number of nitro groups is 1. The number of ether oxygens (including phenoxy) is 2. The number of amides is 1. The topological polar surface area (TPSA) is 108 Å². The second-order valence-electron chi connectivity index (χ2n) is 7.82. The normalized spacial score (nSPS) is 16.9. The van der Waals surface area contributed by atoms with Crippen LogP contribution < -0.4 is 14.8 Å². The molecular formula is C26H21BrN2O6. The number of hydrogen-bond donors (Lipinski definition) is 1. The van der Waals surface area contributed by atoms with Crippen molar-refractivity contribution in [2.75, 3.05) is 19.5 Å². The molecule has 178 valence electrons. The molecule has 0 spiro atoms. The van der Waals surface area contributed by atoms with Crippen molar-refractivity contribution in [3.8, 4) is 11.5 Å². The lowest BCUT2D eigenvalue weighted by molar-refractivity contribution is -0.384. The molecule has 0 saturated carbocycles. The Kier molecular flexibility index (Phi) is 6.97. The zero-order valence-corrected chi connectivity index (χ0v) is 20.4. The monoisotopic (exact) mass is 536 g/mol. The van der Waals surface area contributed by atoms with E-state index in [1.165, 1.54) is 38.5 Å². The molecule has 1 N–H and O–H groups in total. The van der Waals surface area contributed by atoms with Crippen LogP contribution in [0.2, 0.25) is 0 Å². The van der Waals surface area contributed by atoms with Crippen molar-refractivity contribution < 1.29 is 24.0 Å². The van der Waals surface area contributed by atoms with Crippen molar-refractivity contribution in [2.45, 2.75) is 5.92 Å². The van der Waals surface area contributed by atoms with Gasteiger partial charge in [-0.3, -0.25) is 19.7 Å². The Balaban J connectivity index is 1.76. The summed E-state index contributed by atoms with van der Waals surface area (Å²) in [4.78, 5) is 37.5. The maximum Gasteiger partial charge on any atom is 0.269 e. The van der Waals surface area contributed by atoms with Gasteiger partial charge in [0.2, 0.25) is 5.91 Å². The van der Waals surface area contributed by atoms with Crippen LogP contribution in [0.4, 0.5) is 11.4 Å². The SMILES string of the molecule is COc1ccc(/C=C/C(=O)[C@@H]2C(=O)Nc3ccc([N+](=O)[O-])cc3[C@H]2c2ccccc2)c(Br)c1OC. The molecule has 1 amide bonds. The Labute approximate surface area is 209 Å². The average Bonchev–Trinajstić information content (AvgIpc) is 2.86. The third-order valence-corrected chi connectivity index (χ3v) is 6.68. The standard InChI is InChI=1S/C26H21BrN2O6/c1-34-21-13-9-16(24(27)25(21)35-2)8-12-20(30)23-22(15-6-4-3-5-7-15)18-14-17(29(32)33)10-11-19(18)28-26(23)31/h3-14,22-23H,1-2H3,(H,28,31)/b12-8+/t22-,23+/m1/s1. The first-order valence-corrected chi connectivity index (χ1v) is 11.4. The number of benzene rings is 3. The van der Waals surface area contributed by atoms with E-state index in [-0.39, 0.29) is 5.69 Å². The van der Waals surface area contributed by atoms with E-state index in [1.807, 2.05) is 6.07 Å². The molecule has 9 heteroatoms. The summed E-state index contributed by atoms with van der Waals surface area (Å²) >= 11 is 3.47. The van der Waals surface area contributed by atoms with Gasteiger partial charge in [-0.2, -0.15) is 0 Å². The highest BCUT2D eigenvalue weighted by molar-refractivity contribution is 9.10. The van der Waals surface area contributed by atoms with Gasteiger partial charge in [0.25, 0.3) is 5.69 Å². The Morgan fingerprint density at radius 1 is 1.09 bits per heavy atom. The van der Waals surface area contributed by atoms with Crippen LogP contribution in [0.5, 0.6) is 11.5 Å². The molecule has 0 aliphatic carbocycles. The molecule has 3 aromatic rings. The molecule has 1 heterocycles. The van der Waals surface area contributed by atoms with Crippen LogP contribution in [0, 0.1) is 16.0 Å². The van der Waals surface area contributed by atoms with Crippen molar-refractivity contribution >= 4 is 45.1 Å². The lowest BCUT2D eigenvalue weighted by Crippen LogP contribution is -2.38. The molecule has 8 nitrogen and oxygen atoms in total. The Hall–Kier alpha value is -3.98. The number of nitrogens with one attached hydrogen (secondary N) is 1. The summed E-state index contributed by atoms with van der Waals surface area (Å²) in [5.41, 5.74) is 2.22. The zero-order chi connectivity index (χ0) is 25.1. The van der Waals surface area contributed by atoms with Crippen LogP contribution in [0.1, 0.15) is 22.6 Å². The summed E-state index contributed by atoms with van der Waals surface area (Å²) in [7, 11) is 3.03. The molecule has 0 aromatic heterocycles. The third-order valence-electron chi connectivity index (χ3n) is 5.86. The van der Waals surface area contributed by atoms with Gasteiger partial charge in [-0.1, -0.05) is 36.4 Å². The van der Waals surface area contributed by atoms with E-state index in [1.54, 1.807) is 42.5 Å². The van der Waals surface area contributed by atoms with Gasteiger partial charge in [0.05, 0.1) is 23.6 Å². The number of methoxy groups -OCH3 is 2. The van der Waals surface area contributed by atoms with Crippen molar-refractivity contribution in [1.29, 1.82) is 0 Å². The fourth-order valence-electron chi connectivity index (χ4n) is 4.21. The Morgan fingerprint density at radius 2 is 1.83 bits per heavy atom. The number of ketones is 1. The molecule has 0 bridgehead atoms. The smallest absolute Gasteiger partial charge is 0.269 e. The van der Waals surface area contributed by atoms with Crippen LogP contribution in [0.15, 0.2) is 71.2 Å². The number of nitrogens with zero attached hydrogens (tertiary/aromatic N) is 1. The van der Waals surface area contributed by atoms with E-state index >= 15 is 0 Å². The first-order chi connectivity index (χ1) is 16.8. The van der Waals surface area contributed by atoms with Gasteiger partial charge in [-0.25, -0.2) is 0 Å². The van der Waals surface area contributed by atoms with Crippen LogP contribution >= 0.6 is 15.9 Å². The van der Waals surface area contributed by atoms with Crippen molar-refractivity contribution in [3.63, 3.8) is 0 Å². The van der Waals surface area contributed by atoms with Gasteiger partial charge >= 0.3 is 0 Å². The number of non-ortho nitro benzene ring substituents is 1. The fraction of sp³-hybridized carbons (Fsp3) is 0.154. The number of fused-ring (bicyclic) bond motifs is 1. The van der Waals surface area contributed by atoms with Crippen LogP contribution in [0.3, 0.4) is 0 Å². The molecule has 1 aliphatic heterocycles. The van der Waals surface area contributed by atoms with Gasteiger partial charge < -0.3 is 14.8 Å². The molecule has 0 fully saturated rings. The molecular weight excluding hydrogens is 516 g/mol. The number of carbonyl (C=O) groups is 2. The third kappa shape index (κ3) is 4.67. The molecule has 35 heavy (non-hydrogen) atoms. The molecule has 0 radical (unpaired) electrons. The number of nitro benzene ring substituents is 1. The molecule has 4 rings (SSSR count). The zero-order valence-electron chi connectivity index (χ0n) is 18.9. The number of rotatable bonds is 7. The number of hydrogen-bond acceptors (Lipinski definition) is 6. The van der Waals surface area contributed by atoms with Crippen LogP contribution in [-0.2, 0) is 9.59 Å². The summed E-state index contributed by atoms with van der Waals surface area (Å²) in [6.07, 6.45) is 2.93. The van der Waals surface area contributed by atoms with E-state index in [0.29, 0.717) is 38.3 Å². The number of carbonyl (C=O) groups excluding carboxylic acids is 2. The molecule has 0 unspecified atom stereocenters. The van der Waals surface area contributed by atoms with Crippen molar-refractivity contribution in [1.82, 2.24) is 0 Å². The number of allylic oxidation sites excluding steroid dienone is 1. The minimum Gasteiger partial charge on any atom is -0.493 e. The minimum absolute atomic E-state index is 0.114. The Bertz CT molecular complexity index is 1340. The van der Waals surface area contributed by atoms with Gasteiger partial charge in [-0.05, 0) is 56.9 Å². The van der Waals surface area contributed by atoms with E-state index < -0.39 is 28.4 Å². The van der Waals surface area contributed by atoms with E-state index in [9.17, 15) is 19.7 Å². The first-order valence-electron chi connectivity index (χ1n) is 10.6. The predicted molar refractivity (Wildman–Crippen MR) is 135 cm³/mol. The summed E-state index contributed by atoms with van der Waals surface area (Å²) in [6.45, 7) is 0. The highest BCUT2D eigenvalue weighted by atomic mass is 79.9. The predicted octanol–water partition coefficient (Wildman–Crippen LogP) is 5.36. The lowest BCUT2D eigenvalue weighted by Gasteiger charge is -2.32. The second-order valence-corrected chi connectivity index (χ2v) is 8.62. The van der Waals surface area contributed by atoms with E-state index in [0.717, 1.165) is 0 Å². The summed E-state index contributed by atoms with van der Waals surface area (Å²) < 4.78 is 11.3.